The molecule has 1 atom stereocenters. The topological polar surface area (TPSA) is 114 Å². The standard InChI is InChI=1S/C24H25ClFN5O4/c1-14-24(33)27-6-2-7-34-20-11-17-19(12-21(20)35-8-5-26)28-13-29-23(17)31-18-10-16(25)4-3-15(18)9-22(32)30-14/h3-4,10-14H,2,5-9H2,1H3,(H,27,33)(H,30,32)(H,28,29,31). The van der Waals surface area contributed by atoms with Crippen LogP contribution in [0.4, 0.5) is 15.9 Å². The van der Waals surface area contributed by atoms with E-state index < -0.39 is 12.7 Å². The molecule has 11 heteroatoms. The van der Waals surface area contributed by atoms with Gasteiger partial charge in [-0.1, -0.05) is 17.7 Å². The minimum Gasteiger partial charge on any atom is -0.490 e. The molecule has 2 bridgehead atoms. The van der Waals surface area contributed by atoms with Gasteiger partial charge < -0.3 is 25.4 Å². The third kappa shape index (κ3) is 6.07. The lowest BCUT2D eigenvalue weighted by Crippen LogP contribution is -2.45. The first kappa shape index (κ1) is 24.5. The summed E-state index contributed by atoms with van der Waals surface area (Å²) in [5.41, 5.74) is 1.80. The number of halogens is 2. The summed E-state index contributed by atoms with van der Waals surface area (Å²) in [4.78, 5) is 33.7. The molecule has 2 heterocycles. The molecule has 3 aromatic rings. The highest BCUT2D eigenvalue weighted by Gasteiger charge is 2.18. The van der Waals surface area contributed by atoms with Crippen LogP contribution in [0.5, 0.6) is 11.5 Å². The highest BCUT2D eigenvalue weighted by atomic mass is 35.5. The Kier molecular flexibility index (Phi) is 7.81. The van der Waals surface area contributed by atoms with Gasteiger partial charge in [0.25, 0.3) is 0 Å². The number of aromatic nitrogens is 2. The van der Waals surface area contributed by atoms with Crippen molar-refractivity contribution >= 4 is 45.8 Å². The van der Waals surface area contributed by atoms with E-state index in [4.69, 9.17) is 21.1 Å². The molecule has 2 amide bonds. The number of fused-ring (bicyclic) bond motifs is 2. The molecule has 1 aliphatic rings. The van der Waals surface area contributed by atoms with Crippen LogP contribution in [0.1, 0.15) is 18.9 Å². The summed E-state index contributed by atoms with van der Waals surface area (Å²) in [6.07, 6.45) is 1.92. The van der Waals surface area contributed by atoms with Gasteiger partial charge in [-0.25, -0.2) is 14.4 Å². The van der Waals surface area contributed by atoms with Crippen molar-refractivity contribution in [3.05, 3.63) is 47.2 Å². The lowest BCUT2D eigenvalue weighted by atomic mass is 10.1. The number of benzene rings is 2. The maximum atomic E-state index is 12.8. The molecule has 0 spiro atoms. The highest BCUT2D eigenvalue weighted by Crippen LogP contribution is 2.36. The number of amides is 2. The normalized spacial score (nSPS) is 16.9. The van der Waals surface area contributed by atoms with Gasteiger partial charge in [-0.05, 0) is 37.1 Å². The monoisotopic (exact) mass is 501 g/mol. The second kappa shape index (κ2) is 11.2. The van der Waals surface area contributed by atoms with Gasteiger partial charge in [-0.15, -0.1) is 0 Å². The van der Waals surface area contributed by atoms with Crippen LogP contribution in [0.15, 0.2) is 36.7 Å². The van der Waals surface area contributed by atoms with Crippen molar-refractivity contribution in [1.29, 1.82) is 0 Å². The SMILES string of the molecule is CC1NC(=O)Cc2ccc(Cl)cc2Nc2ncnc3cc(OCCF)c(cc23)OCCCNC1=O. The molecule has 0 saturated carbocycles. The molecule has 2 aromatic carbocycles. The molecule has 1 aliphatic heterocycles. The van der Waals surface area contributed by atoms with E-state index in [1.807, 2.05) is 0 Å². The molecule has 0 aliphatic carbocycles. The Morgan fingerprint density at radius 1 is 1.23 bits per heavy atom. The van der Waals surface area contributed by atoms with Gasteiger partial charge in [0.1, 0.15) is 31.5 Å². The van der Waals surface area contributed by atoms with Crippen molar-refractivity contribution in [3.8, 4) is 11.5 Å². The first-order valence-electron chi connectivity index (χ1n) is 11.2. The number of rotatable bonds is 3. The minimum atomic E-state index is -0.708. The molecule has 0 radical (unpaired) electrons. The number of carbonyl (C=O) groups is 2. The van der Waals surface area contributed by atoms with E-state index in [2.05, 4.69) is 25.9 Å². The lowest BCUT2D eigenvalue weighted by molar-refractivity contribution is -0.128. The third-order valence-electron chi connectivity index (χ3n) is 5.36. The van der Waals surface area contributed by atoms with E-state index >= 15 is 0 Å². The predicted molar refractivity (Wildman–Crippen MR) is 130 cm³/mol. The van der Waals surface area contributed by atoms with Gasteiger partial charge in [0.15, 0.2) is 11.5 Å². The lowest BCUT2D eigenvalue weighted by Gasteiger charge is -2.16. The van der Waals surface area contributed by atoms with Gasteiger partial charge in [0.2, 0.25) is 11.8 Å². The quantitative estimate of drug-likeness (QED) is 0.504. The van der Waals surface area contributed by atoms with Crippen molar-refractivity contribution in [2.24, 2.45) is 0 Å². The largest absolute Gasteiger partial charge is 0.490 e. The van der Waals surface area contributed by atoms with Crippen LogP contribution in [0.2, 0.25) is 5.02 Å². The van der Waals surface area contributed by atoms with E-state index in [1.165, 1.54) is 6.33 Å². The Bertz CT molecular complexity index is 1240. The van der Waals surface area contributed by atoms with Crippen LogP contribution in [0, 0.1) is 0 Å². The predicted octanol–water partition coefficient (Wildman–Crippen LogP) is 3.32. The number of carbonyl (C=O) groups excluding carboxylic acids is 2. The zero-order chi connectivity index (χ0) is 24.8. The van der Waals surface area contributed by atoms with E-state index in [-0.39, 0.29) is 31.4 Å². The van der Waals surface area contributed by atoms with E-state index in [1.54, 1.807) is 37.3 Å². The Morgan fingerprint density at radius 2 is 2.09 bits per heavy atom. The smallest absolute Gasteiger partial charge is 0.242 e. The summed E-state index contributed by atoms with van der Waals surface area (Å²) in [5.74, 6) is 0.614. The number of nitrogens with zero attached hydrogens (tertiary/aromatic N) is 2. The number of hydrogen-bond acceptors (Lipinski definition) is 7. The fraction of sp³-hybridized carbons (Fsp3) is 0.333. The first-order chi connectivity index (χ1) is 16.9. The summed E-state index contributed by atoms with van der Waals surface area (Å²) < 4.78 is 24.2. The van der Waals surface area contributed by atoms with Crippen molar-refractivity contribution in [1.82, 2.24) is 20.6 Å². The average molecular weight is 502 g/mol. The summed E-state index contributed by atoms with van der Waals surface area (Å²) >= 11 is 6.23. The van der Waals surface area contributed by atoms with Gasteiger partial charge in [0.05, 0.1) is 18.5 Å². The van der Waals surface area contributed by atoms with Crippen LogP contribution in [-0.4, -0.2) is 54.3 Å². The molecule has 4 rings (SSSR count). The van der Waals surface area contributed by atoms with Crippen LogP contribution < -0.4 is 25.4 Å². The molecule has 184 valence electrons. The van der Waals surface area contributed by atoms with Gasteiger partial charge in [-0.2, -0.15) is 0 Å². The summed E-state index contributed by atoms with van der Waals surface area (Å²) in [5, 5.41) is 9.85. The van der Waals surface area contributed by atoms with Gasteiger partial charge in [0, 0.05) is 28.7 Å². The number of hydrogen-bond donors (Lipinski definition) is 3. The Morgan fingerprint density at radius 3 is 2.91 bits per heavy atom. The molecule has 0 saturated heterocycles. The summed E-state index contributed by atoms with van der Waals surface area (Å²) in [6.45, 7) is 1.47. The van der Waals surface area contributed by atoms with Crippen LogP contribution in [-0.2, 0) is 16.0 Å². The maximum absolute atomic E-state index is 12.8. The van der Waals surface area contributed by atoms with E-state index in [0.29, 0.717) is 57.5 Å². The fourth-order valence-corrected chi connectivity index (χ4v) is 3.81. The third-order valence-corrected chi connectivity index (χ3v) is 5.60. The van der Waals surface area contributed by atoms with Crippen molar-refractivity contribution in [3.63, 3.8) is 0 Å². The zero-order valence-electron chi connectivity index (χ0n) is 19.1. The van der Waals surface area contributed by atoms with Gasteiger partial charge in [-0.3, -0.25) is 9.59 Å². The maximum Gasteiger partial charge on any atom is 0.242 e. The van der Waals surface area contributed by atoms with Crippen LogP contribution >= 0.6 is 11.6 Å². The molecular weight excluding hydrogens is 477 g/mol. The highest BCUT2D eigenvalue weighted by molar-refractivity contribution is 6.31. The molecule has 35 heavy (non-hydrogen) atoms. The molecule has 3 N–H and O–H groups in total. The molecule has 1 aromatic heterocycles. The molecule has 1 unspecified atom stereocenters. The number of alkyl halides is 1. The minimum absolute atomic E-state index is 0.0235. The number of anilines is 2. The summed E-state index contributed by atoms with van der Waals surface area (Å²) in [6, 6.07) is 7.80. The van der Waals surface area contributed by atoms with Crippen LogP contribution in [0.25, 0.3) is 10.9 Å². The first-order valence-corrected chi connectivity index (χ1v) is 11.5. The Balaban J connectivity index is 1.77. The number of ether oxygens (including phenoxy) is 2. The van der Waals surface area contributed by atoms with Crippen LogP contribution in [0.3, 0.4) is 0 Å². The zero-order valence-corrected chi connectivity index (χ0v) is 19.8. The summed E-state index contributed by atoms with van der Waals surface area (Å²) in [7, 11) is 0. The molecule has 0 fully saturated rings. The van der Waals surface area contributed by atoms with Crippen molar-refractivity contribution in [2.75, 3.05) is 31.7 Å². The second-order valence-electron chi connectivity index (χ2n) is 7.96. The molecular formula is C24H25ClFN5O4. The number of nitrogens with one attached hydrogen (secondary N) is 3. The fourth-order valence-electron chi connectivity index (χ4n) is 3.63. The van der Waals surface area contributed by atoms with E-state index in [0.717, 1.165) is 0 Å². The van der Waals surface area contributed by atoms with E-state index in [9.17, 15) is 14.0 Å². The Hall–Kier alpha value is -3.66. The molecule has 9 nitrogen and oxygen atoms in total. The second-order valence-corrected chi connectivity index (χ2v) is 8.40. The van der Waals surface area contributed by atoms with Crippen molar-refractivity contribution in [2.45, 2.75) is 25.8 Å². The van der Waals surface area contributed by atoms with Crippen molar-refractivity contribution < 1.29 is 23.5 Å². The Labute approximate surface area is 206 Å². The average Bonchev–Trinajstić information content (AvgIpc) is 2.83. The van der Waals surface area contributed by atoms with Gasteiger partial charge >= 0.3 is 0 Å².